The van der Waals surface area contributed by atoms with Crippen molar-refractivity contribution in [3.8, 4) is 0 Å². The van der Waals surface area contributed by atoms with Gasteiger partial charge >= 0.3 is 0 Å². The van der Waals surface area contributed by atoms with Crippen molar-refractivity contribution in [1.82, 2.24) is 15.2 Å². The van der Waals surface area contributed by atoms with Crippen LogP contribution in [0.5, 0.6) is 0 Å². The SMILES string of the molecule is O=C(NC1CCCCC1)C(c1ccccn1)N(Cc1ccccc1)C(=O)c1ccccc1. The highest BCUT2D eigenvalue weighted by molar-refractivity contribution is 5.97. The lowest BCUT2D eigenvalue weighted by Gasteiger charge is -2.33. The summed E-state index contributed by atoms with van der Waals surface area (Å²) in [6.45, 7) is 0.313. The molecule has 0 bridgehead atoms. The van der Waals surface area contributed by atoms with Crippen molar-refractivity contribution in [2.75, 3.05) is 0 Å². The molecule has 0 radical (unpaired) electrons. The minimum Gasteiger partial charge on any atom is -0.351 e. The number of nitrogens with one attached hydrogen (secondary N) is 1. The van der Waals surface area contributed by atoms with E-state index in [4.69, 9.17) is 0 Å². The molecule has 4 rings (SSSR count). The Bertz CT molecular complexity index is 1000. The van der Waals surface area contributed by atoms with Crippen LogP contribution in [-0.4, -0.2) is 27.7 Å². The number of carbonyl (C=O) groups is 2. The topological polar surface area (TPSA) is 62.3 Å². The molecule has 5 nitrogen and oxygen atoms in total. The van der Waals surface area contributed by atoms with Crippen LogP contribution in [0.25, 0.3) is 0 Å². The lowest BCUT2D eigenvalue weighted by molar-refractivity contribution is -0.127. The number of aromatic nitrogens is 1. The van der Waals surface area contributed by atoms with Gasteiger partial charge in [-0.15, -0.1) is 0 Å². The van der Waals surface area contributed by atoms with Crippen LogP contribution >= 0.6 is 0 Å². The van der Waals surface area contributed by atoms with Crippen LogP contribution in [-0.2, 0) is 11.3 Å². The van der Waals surface area contributed by atoms with Gasteiger partial charge in [0.25, 0.3) is 5.91 Å². The predicted molar refractivity (Wildman–Crippen MR) is 125 cm³/mol. The Labute approximate surface area is 189 Å². The fraction of sp³-hybridized carbons (Fsp3) is 0.296. The second kappa shape index (κ2) is 10.7. The van der Waals surface area contributed by atoms with Gasteiger partial charge in [0.2, 0.25) is 5.91 Å². The standard InChI is InChI=1S/C27H29N3O2/c31-26(29-23-16-8-3-9-17-23)25(24-18-10-11-19-28-24)30(20-21-12-4-1-5-13-21)27(32)22-14-6-2-7-15-22/h1-2,4-7,10-15,18-19,23,25H,3,8-9,16-17,20H2,(H,29,31). The Kier molecular flexibility index (Phi) is 7.28. The molecule has 1 saturated carbocycles. The van der Waals surface area contributed by atoms with Crippen molar-refractivity contribution in [3.05, 3.63) is 102 Å². The number of hydrogen-bond acceptors (Lipinski definition) is 3. The lowest BCUT2D eigenvalue weighted by atomic mass is 9.95. The Morgan fingerprint density at radius 3 is 2.19 bits per heavy atom. The molecule has 0 spiro atoms. The molecule has 5 heteroatoms. The van der Waals surface area contributed by atoms with E-state index in [9.17, 15) is 9.59 Å². The second-order valence-electron chi connectivity index (χ2n) is 8.29. The van der Waals surface area contributed by atoms with Crippen molar-refractivity contribution >= 4 is 11.8 Å². The number of carbonyl (C=O) groups excluding carboxylic acids is 2. The summed E-state index contributed by atoms with van der Waals surface area (Å²) in [6.07, 6.45) is 7.08. The second-order valence-corrected chi connectivity index (χ2v) is 8.29. The largest absolute Gasteiger partial charge is 0.351 e. The van der Waals surface area contributed by atoms with Crippen LogP contribution in [0.15, 0.2) is 85.1 Å². The average molecular weight is 428 g/mol. The van der Waals surface area contributed by atoms with E-state index in [1.54, 1.807) is 23.2 Å². The first-order valence-corrected chi connectivity index (χ1v) is 11.3. The summed E-state index contributed by atoms with van der Waals surface area (Å²) in [5.41, 5.74) is 2.08. The molecule has 0 aliphatic heterocycles. The zero-order chi connectivity index (χ0) is 22.2. The summed E-state index contributed by atoms with van der Waals surface area (Å²) in [7, 11) is 0. The lowest BCUT2D eigenvalue weighted by Crippen LogP contribution is -2.47. The Morgan fingerprint density at radius 1 is 0.875 bits per heavy atom. The molecule has 164 valence electrons. The summed E-state index contributed by atoms with van der Waals surface area (Å²) < 4.78 is 0. The van der Waals surface area contributed by atoms with Gasteiger partial charge in [-0.25, -0.2) is 0 Å². The number of benzene rings is 2. The van der Waals surface area contributed by atoms with Crippen molar-refractivity contribution in [3.63, 3.8) is 0 Å². The van der Waals surface area contributed by atoms with Gasteiger partial charge in [-0.2, -0.15) is 0 Å². The van der Waals surface area contributed by atoms with Gasteiger partial charge in [-0.05, 0) is 42.7 Å². The summed E-state index contributed by atoms with van der Waals surface area (Å²) in [5.74, 6) is -0.361. The molecule has 1 fully saturated rings. The molecule has 1 unspecified atom stereocenters. The van der Waals surface area contributed by atoms with Gasteiger partial charge in [-0.3, -0.25) is 14.6 Å². The average Bonchev–Trinajstić information content (AvgIpc) is 2.86. The maximum absolute atomic E-state index is 13.7. The van der Waals surface area contributed by atoms with Gasteiger partial charge in [0.15, 0.2) is 6.04 Å². The molecule has 1 aliphatic carbocycles. The minimum absolute atomic E-state index is 0.146. The van der Waals surface area contributed by atoms with Gasteiger partial charge in [0, 0.05) is 24.3 Å². The van der Waals surface area contributed by atoms with Crippen LogP contribution < -0.4 is 5.32 Å². The third kappa shape index (κ3) is 5.41. The maximum atomic E-state index is 13.7. The summed E-state index contributed by atoms with van der Waals surface area (Å²) in [6, 6.07) is 23.7. The maximum Gasteiger partial charge on any atom is 0.255 e. The Morgan fingerprint density at radius 2 is 1.53 bits per heavy atom. The van der Waals surface area contributed by atoms with Crippen molar-refractivity contribution in [2.24, 2.45) is 0 Å². The van der Waals surface area contributed by atoms with E-state index in [1.807, 2.05) is 66.7 Å². The van der Waals surface area contributed by atoms with E-state index in [1.165, 1.54) is 6.42 Å². The minimum atomic E-state index is -0.814. The fourth-order valence-corrected chi connectivity index (χ4v) is 4.31. The number of amides is 2. The molecule has 1 atom stereocenters. The molecule has 32 heavy (non-hydrogen) atoms. The molecular weight excluding hydrogens is 398 g/mol. The molecule has 1 heterocycles. The van der Waals surface area contributed by atoms with Gasteiger partial charge < -0.3 is 10.2 Å². The molecule has 2 amide bonds. The Balaban J connectivity index is 1.71. The van der Waals surface area contributed by atoms with Crippen LogP contribution in [0.2, 0.25) is 0 Å². The molecule has 2 aromatic carbocycles. The summed E-state index contributed by atoms with van der Waals surface area (Å²) in [4.78, 5) is 33.4. The van der Waals surface area contributed by atoms with E-state index in [0.717, 1.165) is 31.2 Å². The fourth-order valence-electron chi connectivity index (χ4n) is 4.31. The van der Waals surface area contributed by atoms with Gasteiger partial charge in [0.1, 0.15) is 0 Å². The number of rotatable bonds is 7. The van der Waals surface area contributed by atoms with E-state index in [0.29, 0.717) is 17.8 Å². The van der Waals surface area contributed by atoms with Crippen LogP contribution in [0, 0.1) is 0 Å². The van der Waals surface area contributed by atoms with Crippen molar-refractivity contribution in [2.45, 2.75) is 50.7 Å². The highest BCUT2D eigenvalue weighted by atomic mass is 16.2. The van der Waals surface area contributed by atoms with Crippen LogP contribution in [0.4, 0.5) is 0 Å². The van der Waals surface area contributed by atoms with E-state index in [2.05, 4.69) is 10.3 Å². The molecule has 1 N–H and O–H groups in total. The van der Waals surface area contributed by atoms with E-state index >= 15 is 0 Å². The quantitative estimate of drug-likeness (QED) is 0.582. The van der Waals surface area contributed by atoms with Crippen molar-refractivity contribution in [1.29, 1.82) is 0 Å². The molecule has 3 aromatic rings. The summed E-state index contributed by atoms with van der Waals surface area (Å²) >= 11 is 0. The smallest absolute Gasteiger partial charge is 0.255 e. The monoisotopic (exact) mass is 427 g/mol. The predicted octanol–water partition coefficient (Wildman–Crippen LogP) is 4.91. The first-order valence-electron chi connectivity index (χ1n) is 11.3. The van der Waals surface area contributed by atoms with E-state index in [-0.39, 0.29) is 17.9 Å². The first-order chi connectivity index (χ1) is 15.7. The number of pyridine rings is 1. The van der Waals surface area contributed by atoms with Crippen molar-refractivity contribution < 1.29 is 9.59 Å². The third-order valence-corrected chi connectivity index (χ3v) is 5.96. The molecule has 0 saturated heterocycles. The highest BCUT2D eigenvalue weighted by Crippen LogP contribution is 2.26. The van der Waals surface area contributed by atoms with E-state index < -0.39 is 6.04 Å². The number of nitrogens with zero attached hydrogens (tertiary/aromatic N) is 2. The van der Waals surface area contributed by atoms with Gasteiger partial charge in [0.05, 0.1) is 5.69 Å². The first kappa shape index (κ1) is 21.8. The van der Waals surface area contributed by atoms with Gasteiger partial charge in [-0.1, -0.05) is 73.9 Å². The zero-order valence-corrected chi connectivity index (χ0v) is 18.2. The molecule has 1 aromatic heterocycles. The normalized spacial score (nSPS) is 15.0. The number of hydrogen-bond donors (Lipinski definition) is 1. The Hall–Kier alpha value is -3.47. The third-order valence-electron chi connectivity index (χ3n) is 5.96. The zero-order valence-electron chi connectivity index (χ0n) is 18.2. The molecule has 1 aliphatic rings. The van der Waals surface area contributed by atoms with Crippen LogP contribution in [0.3, 0.4) is 0 Å². The summed E-state index contributed by atoms with van der Waals surface area (Å²) in [5, 5.41) is 3.22. The molecular formula is C27H29N3O2. The highest BCUT2D eigenvalue weighted by Gasteiger charge is 2.34. The van der Waals surface area contributed by atoms with Crippen LogP contribution in [0.1, 0.15) is 59.8 Å².